The highest BCUT2D eigenvalue weighted by Gasteiger charge is 2.45. The van der Waals surface area contributed by atoms with Gasteiger partial charge in [-0.15, -0.1) is 0 Å². The van der Waals surface area contributed by atoms with Gasteiger partial charge in [0.2, 0.25) is 0 Å². The van der Waals surface area contributed by atoms with E-state index in [1.807, 2.05) is 6.07 Å². The van der Waals surface area contributed by atoms with Gasteiger partial charge < -0.3 is 5.11 Å². The van der Waals surface area contributed by atoms with E-state index in [0.717, 1.165) is 18.8 Å². The Balaban J connectivity index is 1.51. The third-order valence-corrected chi connectivity index (χ3v) is 7.75. The van der Waals surface area contributed by atoms with Crippen LogP contribution in [0.3, 0.4) is 0 Å². The van der Waals surface area contributed by atoms with Crippen molar-refractivity contribution in [3.05, 3.63) is 0 Å². The first-order valence-corrected chi connectivity index (χ1v) is 10.9. The summed E-state index contributed by atoms with van der Waals surface area (Å²) in [5.41, 5.74) is 0. The van der Waals surface area contributed by atoms with Crippen LogP contribution in [0.1, 0.15) is 77.6 Å². The summed E-state index contributed by atoms with van der Waals surface area (Å²) in [5.74, 6) is 0.878. The third-order valence-electron chi connectivity index (χ3n) is 7.75. The van der Waals surface area contributed by atoms with Crippen LogP contribution in [-0.4, -0.2) is 23.6 Å². The minimum absolute atomic E-state index is 0.110. The van der Waals surface area contributed by atoms with Gasteiger partial charge in [0.25, 0.3) is 0 Å². The molecule has 3 aliphatic carbocycles. The fourth-order valence-electron chi connectivity index (χ4n) is 6.23. The summed E-state index contributed by atoms with van der Waals surface area (Å²) < 4.78 is 29.2. The summed E-state index contributed by atoms with van der Waals surface area (Å²) in [7, 11) is 0. The molecular formula is C22H35F2NO. The predicted octanol–water partition coefficient (Wildman–Crippen LogP) is 5.60. The van der Waals surface area contributed by atoms with Gasteiger partial charge in [-0.3, -0.25) is 0 Å². The second-order valence-electron chi connectivity index (χ2n) is 9.29. The Hall–Kier alpha value is -0.690. The number of rotatable bonds is 4. The molecule has 0 radical (unpaired) electrons. The molecule has 0 bridgehead atoms. The molecule has 0 saturated heterocycles. The Kier molecular flexibility index (Phi) is 6.94. The fraction of sp³-hybridized carbons (Fsp3) is 0.955. The molecule has 0 aromatic rings. The van der Waals surface area contributed by atoms with Crippen molar-refractivity contribution in [2.75, 3.05) is 0 Å². The molecule has 0 aromatic heterocycles. The molecule has 2 nitrogen and oxygen atoms in total. The zero-order valence-corrected chi connectivity index (χ0v) is 16.1. The molecule has 0 aliphatic heterocycles. The first kappa shape index (κ1) is 20.1. The monoisotopic (exact) mass is 367 g/mol. The van der Waals surface area contributed by atoms with E-state index in [0.29, 0.717) is 24.7 Å². The van der Waals surface area contributed by atoms with Gasteiger partial charge in [-0.25, -0.2) is 8.78 Å². The van der Waals surface area contributed by atoms with Crippen LogP contribution in [0.25, 0.3) is 0 Å². The number of hydrogen-bond acceptors (Lipinski definition) is 2. The maximum atomic E-state index is 15.0. The lowest BCUT2D eigenvalue weighted by molar-refractivity contribution is -0.0303. The number of alkyl halides is 2. The molecule has 1 N–H and O–H groups in total. The second-order valence-corrected chi connectivity index (χ2v) is 9.29. The lowest BCUT2D eigenvalue weighted by atomic mass is 9.63. The minimum Gasteiger partial charge on any atom is -0.392 e. The molecular weight excluding hydrogens is 332 g/mol. The normalized spacial score (nSPS) is 47.3. The van der Waals surface area contributed by atoms with Crippen molar-refractivity contribution in [2.45, 2.75) is 96.0 Å². The van der Waals surface area contributed by atoms with Gasteiger partial charge in [-0.1, -0.05) is 32.6 Å². The summed E-state index contributed by atoms with van der Waals surface area (Å²) in [5, 5.41) is 19.1. The Morgan fingerprint density at radius 1 is 0.885 bits per heavy atom. The van der Waals surface area contributed by atoms with Gasteiger partial charge in [0, 0.05) is 0 Å². The van der Waals surface area contributed by atoms with E-state index >= 15 is 0 Å². The highest BCUT2D eigenvalue weighted by Crippen LogP contribution is 2.47. The maximum absolute atomic E-state index is 15.0. The number of nitrogens with zero attached hydrogens (tertiary/aromatic N) is 1. The van der Waals surface area contributed by atoms with E-state index in [1.165, 1.54) is 38.5 Å². The second kappa shape index (κ2) is 9.00. The third kappa shape index (κ3) is 4.41. The number of halogens is 2. The zero-order valence-electron chi connectivity index (χ0n) is 16.1. The Bertz CT molecular complexity index is 473. The fourth-order valence-corrected chi connectivity index (χ4v) is 6.23. The average molecular weight is 368 g/mol. The largest absolute Gasteiger partial charge is 0.392 e. The van der Waals surface area contributed by atoms with Crippen molar-refractivity contribution in [1.29, 1.82) is 5.26 Å². The molecule has 3 aliphatic rings. The van der Waals surface area contributed by atoms with E-state index in [4.69, 9.17) is 5.26 Å². The topological polar surface area (TPSA) is 44.0 Å². The molecule has 0 spiro atoms. The molecule has 4 heteroatoms. The van der Waals surface area contributed by atoms with Crippen LogP contribution in [0.4, 0.5) is 8.78 Å². The number of aliphatic hydroxyl groups is 1. The van der Waals surface area contributed by atoms with Crippen LogP contribution in [0, 0.1) is 46.8 Å². The molecule has 3 rings (SSSR count). The highest BCUT2D eigenvalue weighted by molar-refractivity contribution is 5.01. The van der Waals surface area contributed by atoms with Crippen molar-refractivity contribution < 1.29 is 13.9 Å². The number of nitriles is 1. The van der Waals surface area contributed by atoms with Crippen LogP contribution >= 0.6 is 0 Å². The summed E-state index contributed by atoms with van der Waals surface area (Å²) in [6.07, 6.45) is 7.74. The first-order chi connectivity index (χ1) is 12.5. The van der Waals surface area contributed by atoms with Gasteiger partial charge in [0.1, 0.15) is 18.3 Å². The minimum atomic E-state index is -1.31. The molecule has 0 amide bonds. The summed E-state index contributed by atoms with van der Waals surface area (Å²) in [6.45, 7) is 2.25. The molecule has 7 unspecified atom stereocenters. The van der Waals surface area contributed by atoms with Gasteiger partial charge in [0.15, 0.2) is 0 Å². The Morgan fingerprint density at radius 2 is 1.54 bits per heavy atom. The molecule has 3 fully saturated rings. The first-order valence-electron chi connectivity index (χ1n) is 10.9. The van der Waals surface area contributed by atoms with Gasteiger partial charge in [-0.2, -0.15) is 5.26 Å². The van der Waals surface area contributed by atoms with Crippen molar-refractivity contribution in [3.8, 4) is 6.07 Å². The smallest absolute Gasteiger partial charge is 0.119 e. The Morgan fingerprint density at radius 3 is 2.12 bits per heavy atom. The van der Waals surface area contributed by atoms with Gasteiger partial charge in [0.05, 0.1) is 12.2 Å². The maximum Gasteiger partial charge on any atom is 0.119 e. The number of hydrogen-bond donors (Lipinski definition) is 1. The lowest BCUT2D eigenvalue weighted by Gasteiger charge is -2.44. The average Bonchev–Trinajstić information content (AvgIpc) is 2.62. The Labute approximate surface area is 157 Å². The van der Waals surface area contributed by atoms with E-state index in [1.54, 1.807) is 0 Å². The van der Waals surface area contributed by atoms with E-state index in [-0.39, 0.29) is 18.3 Å². The van der Waals surface area contributed by atoms with Crippen molar-refractivity contribution in [3.63, 3.8) is 0 Å². The molecule has 3 saturated carbocycles. The molecule has 26 heavy (non-hydrogen) atoms. The number of aliphatic hydroxyl groups excluding tert-OH is 1. The van der Waals surface area contributed by atoms with Crippen LogP contribution in [0.2, 0.25) is 0 Å². The van der Waals surface area contributed by atoms with Crippen molar-refractivity contribution in [1.82, 2.24) is 0 Å². The summed E-state index contributed by atoms with van der Waals surface area (Å²) >= 11 is 0. The van der Waals surface area contributed by atoms with Crippen LogP contribution in [-0.2, 0) is 0 Å². The quantitative estimate of drug-likeness (QED) is 0.703. The van der Waals surface area contributed by atoms with Gasteiger partial charge in [-0.05, 0) is 74.5 Å². The van der Waals surface area contributed by atoms with E-state index in [9.17, 15) is 13.9 Å². The summed E-state index contributed by atoms with van der Waals surface area (Å²) in [6, 6.07) is 1.88. The SMILES string of the molecule is CCCC1CCC(C2CCC(C3CC(O)C(C#N)C(F)C3)C(F)C2)CC1. The lowest BCUT2D eigenvalue weighted by Crippen LogP contribution is -2.43. The standard InChI is InChI=1S/C22H35F2NO/c1-2-3-14-4-6-15(7-5-14)16-8-9-18(20(23)10-16)17-11-21(24)19(13-25)22(26)12-17/h14-22,26H,2-12H2,1H3. The van der Waals surface area contributed by atoms with Crippen LogP contribution < -0.4 is 0 Å². The van der Waals surface area contributed by atoms with Crippen LogP contribution in [0.15, 0.2) is 0 Å². The predicted molar refractivity (Wildman–Crippen MR) is 98.8 cm³/mol. The molecule has 0 heterocycles. The molecule has 7 atom stereocenters. The van der Waals surface area contributed by atoms with Crippen molar-refractivity contribution >= 4 is 0 Å². The van der Waals surface area contributed by atoms with Gasteiger partial charge >= 0.3 is 0 Å². The highest BCUT2D eigenvalue weighted by atomic mass is 19.1. The van der Waals surface area contributed by atoms with Crippen LogP contribution in [0.5, 0.6) is 0 Å². The summed E-state index contributed by atoms with van der Waals surface area (Å²) in [4.78, 5) is 0. The molecule has 148 valence electrons. The van der Waals surface area contributed by atoms with E-state index < -0.39 is 24.4 Å². The molecule has 0 aromatic carbocycles. The van der Waals surface area contributed by atoms with Crippen molar-refractivity contribution in [2.24, 2.45) is 35.5 Å². The van der Waals surface area contributed by atoms with E-state index in [2.05, 4.69) is 6.92 Å². The zero-order chi connectivity index (χ0) is 18.7.